The van der Waals surface area contributed by atoms with E-state index in [0.29, 0.717) is 30.4 Å². The highest BCUT2D eigenvalue weighted by Crippen LogP contribution is 2.28. The third kappa shape index (κ3) is 4.72. The van der Waals surface area contributed by atoms with E-state index in [9.17, 15) is 18.0 Å². The monoisotopic (exact) mass is 449 g/mol. The van der Waals surface area contributed by atoms with Crippen molar-refractivity contribution in [2.75, 3.05) is 13.1 Å². The van der Waals surface area contributed by atoms with Crippen LogP contribution in [-0.2, 0) is 21.4 Å². The fourth-order valence-corrected chi connectivity index (χ4v) is 6.67. The highest BCUT2D eigenvalue weighted by atomic mass is 32.2. The van der Waals surface area contributed by atoms with E-state index in [1.165, 1.54) is 27.4 Å². The molecule has 1 saturated carbocycles. The first-order chi connectivity index (χ1) is 14.7. The van der Waals surface area contributed by atoms with Crippen LogP contribution < -0.4 is 11.1 Å². The number of carbonyl (C=O) groups excluding carboxylic acids is 1. The number of oxazole rings is 1. The summed E-state index contributed by atoms with van der Waals surface area (Å²) in [5.41, 5.74) is 0.595. The van der Waals surface area contributed by atoms with E-state index >= 15 is 0 Å². The molecule has 2 atom stereocenters. The van der Waals surface area contributed by atoms with E-state index in [2.05, 4.69) is 19.2 Å². The molecule has 8 nitrogen and oxygen atoms in total. The van der Waals surface area contributed by atoms with Crippen LogP contribution in [0.5, 0.6) is 0 Å². The maximum Gasteiger partial charge on any atom is 0.420 e. The number of fused-ring (bicyclic) bond motifs is 1. The van der Waals surface area contributed by atoms with Crippen molar-refractivity contribution in [3.63, 3.8) is 0 Å². The Labute approximate surface area is 182 Å². The number of piperidine rings is 1. The molecule has 2 heterocycles. The zero-order valence-electron chi connectivity index (χ0n) is 18.2. The zero-order chi connectivity index (χ0) is 22.2. The van der Waals surface area contributed by atoms with E-state index < -0.39 is 15.8 Å². The molecule has 0 spiro atoms. The van der Waals surface area contributed by atoms with Crippen LogP contribution in [0.1, 0.15) is 52.4 Å². The highest BCUT2D eigenvalue weighted by Gasteiger charge is 2.32. The molecule has 2 aromatic rings. The Morgan fingerprint density at radius 3 is 2.48 bits per heavy atom. The van der Waals surface area contributed by atoms with Crippen LogP contribution in [0.25, 0.3) is 11.1 Å². The molecular weight excluding hydrogens is 418 g/mol. The summed E-state index contributed by atoms with van der Waals surface area (Å²) in [7, 11) is -3.68. The predicted octanol–water partition coefficient (Wildman–Crippen LogP) is 2.71. The van der Waals surface area contributed by atoms with Crippen molar-refractivity contribution in [2.24, 2.45) is 11.8 Å². The Kier molecular flexibility index (Phi) is 6.25. The van der Waals surface area contributed by atoms with E-state index in [1.807, 2.05) is 0 Å². The fraction of sp³-hybridized carbons (Fsp3) is 0.636. The number of nitrogens with zero attached hydrogens (tertiary/aromatic N) is 2. The Morgan fingerprint density at radius 2 is 1.81 bits per heavy atom. The summed E-state index contributed by atoms with van der Waals surface area (Å²) in [5, 5.41) is 2.99. The predicted molar refractivity (Wildman–Crippen MR) is 117 cm³/mol. The SMILES string of the molecule is C[C@H]1C[C@H](C)CN(S(=O)(=O)c2ccc3c(c2)oc(=O)n3CC(=O)NC2CCCCC2)C1. The lowest BCUT2D eigenvalue weighted by Crippen LogP contribution is -2.42. The van der Waals surface area contributed by atoms with Gasteiger partial charge in [0.2, 0.25) is 15.9 Å². The number of carbonyl (C=O) groups is 1. The van der Waals surface area contributed by atoms with Gasteiger partial charge in [-0.15, -0.1) is 0 Å². The van der Waals surface area contributed by atoms with E-state index in [0.717, 1.165) is 32.1 Å². The lowest BCUT2D eigenvalue weighted by Gasteiger charge is -2.34. The quantitative estimate of drug-likeness (QED) is 0.756. The van der Waals surface area contributed by atoms with Crippen molar-refractivity contribution in [1.82, 2.24) is 14.2 Å². The van der Waals surface area contributed by atoms with Gasteiger partial charge in [-0.05, 0) is 43.2 Å². The molecule has 1 amide bonds. The Morgan fingerprint density at radius 1 is 1.13 bits per heavy atom. The van der Waals surface area contributed by atoms with Crippen LogP contribution in [0, 0.1) is 11.8 Å². The Bertz CT molecular complexity index is 1100. The molecule has 9 heteroatoms. The maximum atomic E-state index is 13.1. The minimum Gasteiger partial charge on any atom is -0.408 e. The molecule has 1 saturated heterocycles. The van der Waals surface area contributed by atoms with Crippen molar-refractivity contribution in [3.8, 4) is 0 Å². The molecule has 4 rings (SSSR count). The molecule has 2 aliphatic rings. The van der Waals surface area contributed by atoms with Crippen molar-refractivity contribution >= 4 is 27.0 Å². The standard InChI is InChI=1S/C22H31N3O5S/c1-15-10-16(2)13-24(12-15)31(28,29)18-8-9-19-20(11-18)30-22(27)25(19)14-21(26)23-17-6-4-3-5-7-17/h8-9,11,15-17H,3-7,10,12-14H2,1-2H3,(H,23,26)/t15-,16-/m0/s1. The molecule has 1 aromatic heterocycles. The maximum absolute atomic E-state index is 13.1. The van der Waals surface area contributed by atoms with Gasteiger partial charge < -0.3 is 9.73 Å². The summed E-state index contributed by atoms with van der Waals surface area (Å²) in [6.45, 7) is 4.93. The number of hydrogen-bond acceptors (Lipinski definition) is 5. The molecule has 1 aromatic carbocycles. The summed E-state index contributed by atoms with van der Waals surface area (Å²) in [6.07, 6.45) is 6.32. The van der Waals surface area contributed by atoms with Crippen molar-refractivity contribution in [2.45, 2.75) is 69.9 Å². The largest absolute Gasteiger partial charge is 0.420 e. The molecule has 1 aliphatic heterocycles. The molecular formula is C22H31N3O5S. The van der Waals surface area contributed by atoms with E-state index in [4.69, 9.17) is 4.42 Å². The molecule has 0 bridgehead atoms. The number of hydrogen-bond donors (Lipinski definition) is 1. The molecule has 1 aliphatic carbocycles. The number of aromatic nitrogens is 1. The van der Waals surface area contributed by atoms with Crippen LogP contribution in [0.15, 0.2) is 32.3 Å². The first-order valence-corrected chi connectivity index (χ1v) is 12.6. The second-order valence-corrected chi connectivity index (χ2v) is 11.2. The van der Waals surface area contributed by atoms with Gasteiger partial charge in [0, 0.05) is 25.2 Å². The van der Waals surface area contributed by atoms with Gasteiger partial charge in [0.15, 0.2) is 5.58 Å². The lowest BCUT2D eigenvalue weighted by atomic mass is 9.94. The third-order valence-electron chi connectivity index (χ3n) is 6.38. The van der Waals surface area contributed by atoms with Gasteiger partial charge in [-0.2, -0.15) is 4.31 Å². The van der Waals surface area contributed by atoms with Crippen LogP contribution in [0.2, 0.25) is 0 Å². The minimum atomic E-state index is -3.68. The van der Waals surface area contributed by atoms with Crippen LogP contribution in [0.4, 0.5) is 0 Å². The van der Waals surface area contributed by atoms with Gasteiger partial charge in [-0.1, -0.05) is 33.1 Å². The van der Waals surface area contributed by atoms with Crippen LogP contribution in [-0.4, -0.2) is 42.3 Å². The normalized spacial score (nSPS) is 23.8. The number of sulfonamides is 1. The van der Waals surface area contributed by atoms with Crippen molar-refractivity contribution in [1.29, 1.82) is 0 Å². The molecule has 170 valence electrons. The Hall–Kier alpha value is -2.13. The minimum absolute atomic E-state index is 0.105. The van der Waals surface area contributed by atoms with Crippen molar-refractivity contribution < 1.29 is 17.6 Å². The summed E-state index contributed by atoms with van der Waals surface area (Å²) in [5.74, 6) is -0.304. The average Bonchev–Trinajstić information content (AvgIpc) is 3.02. The molecule has 31 heavy (non-hydrogen) atoms. The first-order valence-electron chi connectivity index (χ1n) is 11.2. The summed E-state index contributed by atoms with van der Waals surface area (Å²) < 4.78 is 34.4. The second-order valence-electron chi connectivity index (χ2n) is 9.25. The van der Waals surface area contributed by atoms with Gasteiger partial charge in [0.25, 0.3) is 0 Å². The van der Waals surface area contributed by atoms with Gasteiger partial charge >= 0.3 is 5.76 Å². The number of nitrogens with one attached hydrogen (secondary N) is 1. The van der Waals surface area contributed by atoms with E-state index in [-0.39, 0.29) is 29.0 Å². The summed E-state index contributed by atoms with van der Waals surface area (Å²) >= 11 is 0. The Balaban J connectivity index is 1.55. The second kappa shape index (κ2) is 8.78. The van der Waals surface area contributed by atoms with Gasteiger partial charge in [-0.25, -0.2) is 13.2 Å². The summed E-state index contributed by atoms with van der Waals surface area (Å²) in [6, 6.07) is 4.59. The summed E-state index contributed by atoms with van der Waals surface area (Å²) in [4.78, 5) is 24.9. The van der Waals surface area contributed by atoms with Crippen molar-refractivity contribution in [3.05, 3.63) is 28.7 Å². The lowest BCUT2D eigenvalue weighted by molar-refractivity contribution is -0.122. The van der Waals surface area contributed by atoms with Gasteiger partial charge in [-0.3, -0.25) is 9.36 Å². The number of amides is 1. The third-order valence-corrected chi connectivity index (χ3v) is 8.21. The average molecular weight is 450 g/mol. The van der Waals surface area contributed by atoms with Gasteiger partial charge in [0.1, 0.15) is 6.54 Å². The van der Waals surface area contributed by atoms with E-state index in [1.54, 1.807) is 6.07 Å². The number of rotatable bonds is 5. The fourth-order valence-electron chi connectivity index (χ4n) is 4.97. The topological polar surface area (TPSA) is 102 Å². The zero-order valence-corrected chi connectivity index (χ0v) is 19.0. The van der Waals surface area contributed by atoms with Crippen LogP contribution >= 0.6 is 0 Å². The highest BCUT2D eigenvalue weighted by molar-refractivity contribution is 7.89. The first kappa shape index (κ1) is 22.1. The molecule has 1 N–H and O–H groups in total. The smallest absolute Gasteiger partial charge is 0.408 e. The van der Waals surface area contributed by atoms with Gasteiger partial charge in [0.05, 0.1) is 10.4 Å². The molecule has 0 unspecified atom stereocenters. The van der Waals surface area contributed by atoms with Crippen LogP contribution in [0.3, 0.4) is 0 Å². The molecule has 0 radical (unpaired) electrons. The number of benzene rings is 1. The molecule has 2 fully saturated rings.